The summed E-state index contributed by atoms with van der Waals surface area (Å²) in [6.45, 7) is 2.68. The number of aryl methyl sites for hydroxylation is 1. The molecule has 6 nitrogen and oxygen atoms in total. The van der Waals surface area contributed by atoms with Gasteiger partial charge in [0, 0.05) is 13.1 Å². The van der Waals surface area contributed by atoms with Crippen LogP contribution in [0.2, 0.25) is 0 Å². The van der Waals surface area contributed by atoms with Crippen LogP contribution in [0.5, 0.6) is 5.75 Å². The Morgan fingerprint density at radius 1 is 1.13 bits per heavy atom. The number of carbonyl (C=O) groups is 2. The number of nitrogens with zero attached hydrogens (tertiary/aromatic N) is 2. The highest BCUT2D eigenvalue weighted by Gasteiger charge is 2.23. The van der Waals surface area contributed by atoms with Crippen molar-refractivity contribution in [1.82, 2.24) is 9.88 Å². The molecule has 1 amide bonds. The van der Waals surface area contributed by atoms with Gasteiger partial charge >= 0.3 is 5.97 Å². The average molecular weight is 440 g/mol. The maximum Gasteiger partial charge on any atom is 0.350 e. The molecule has 31 heavy (non-hydrogen) atoms. The third-order valence-electron chi connectivity index (χ3n) is 5.01. The number of thiazole rings is 1. The van der Waals surface area contributed by atoms with Gasteiger partial charge < -0.3 is 14.4 Å². The summed E-state index contributed by atoms with van der Waals surface area (Å²) in [5.74, 6) is -0.628. The van der Waals surface area contributed by atoms with Gasteiger partial charge in [0.15, 0.2) is 6.61 Å². The highest BCUT2D eigenvalue weighted by molar-refractivity contribution is 7.13. The maximum atomic E-state index is 13.0. The van der Waals surface area contributed by atoms with Gasteiger partial charge in [-0.25, -0.2) is 14.2 Å². The van der Waals surface area contributed by atoms with E-state index in [4.69, 9.17) is 9.47 Å². The molecular formula is C23H21FN2O4S. The van der Waals surface area contributed by atoms with E-state index in [0.717, 1.165) is 23.3 Å². The number of ether oxygens (including phenoxy) is 2. The van der Waals surface area contributed by atoms with E-state index >= 15 is 0 Å². The highest BCUT2D eigenvalue weighted by Crippen LogP contribution is 2.22. The molecule has 160 valence electrons. The van der Waals surface area contributed by atoms with E-state index in [0.29, 0.717) is 34.4 Å². The van der Waals surface area contributed by atoms with Gasteiger partial charge in [0.25, 0.3) is 5.91 Å². The summed E-state index contributed by atoms with van der Waals surface area (Å²) in [5, 5.41) is 0.590. The Morgan fingerprint density at radius 3 is 2.65 bits per heavy atom. The lowest BCUT2D eigenvalue weighted by Crippen LogP contribution is -2.38. The van der Waals surface area contributed by atoms with Crippen LogP contribution < -0.4 is 4.74 Å². The lowest BCUT2D eigenvalue weighted by Gasteiger charge is -2.28. The number of hydrogen-bond acceptors (Lipinski definition) is 6. The van der Waals surface area contributed by atoms with Crippen LogP contribution in [0.25, 0.3) is 0 Å². The summed E-state index contributed by atoms with van der Waals surface area (Å²) >= 11 is 1.16. The van der Waals surface area contributed by atoms with Crippen molar-refractivity contribution < 1.29 is 23.5 Å². The van der Waals surface area contributed by atoms with Crippen LogP contribution in [0, 0.1) is 12.7 Å². The topological polar surface area (TPSA) is 68.7 Å². The second-order valence-corrected chi connectivity index (χ2v) is 8.26. The number of aromatic nitrogens is 1. The fourth-order valence-corrected chi connectivity index (χ4v) is 4.24. The zero-order chi connectivity index (χ0) is 21.8. The summed E-state index contributed by atoms with van der Waals surface area (Å²) in [4.78, 5) is 31.4. The number of rotatable bonds is 6. The van der Waals surface area contributed by atoms with E-state index in [1.807, 2.05) is 18.2 Å². The van der Waals surface area contributed by atoms with Crippen LogP contribution in [0.4, 0.5) is 4.39 Å². The lowest BCUT2D eigenvalue weighted by molar-refractivity contribution is -0.135. The van der Waals surface area contributed by atoms with Crippen molar-refractivity contribution in [3.05, 3.63) is 81.1 Å². The summed E-state index contributed by atoms with van der Waals surface area (Å²) in [5.41, 5.74) is 2.89. The lowest BCUT2D eigenvalue weighted by atomic mass is 10.00. The zero-order valence-electron chi connectivity index (χ0n) is 17.0. The minimum atomic E-state index is -0.575. The average Bonchev–Trinajstić information content (AvgIpc) is 3.17. The van der Waals surface area contributed by atoms with Gasteiger partial charge in [-0.05, 0) is 48.7 Å². The maximum absolute atomic E-state index is 13.0. The van der Waals surface area contributed by atoms with Crippen molar-refractivity contribution in [2.75, 3.05) is 13.2 Å². The number of esters is 1. The number of amides is 1. The van der Waals surface area contributed by atoms with Crippen molar-refractivity contribution in [3.63, 3.8) is 0 Å². The van der Waals surface area contributed by atoms with E-state index in [-0.39, 0.29) is 24.9 Å². The fraction of sp³-hybridized carbons (Fsp3) is 0.261. The van der Waals surface area contributed by atoms with Crippen molar-refractivity contribution in [2.24, 2.45) is 0 Å². The second-order valence-electron chi connectivity index (χ2n) is 7.17. The minimum Gasteiger partial charge on any atom is -0.486 e. The van der Waals surface area contributed by atoms with Crippen LogP contribution in [0.3, 0.4) is 0 Å². The number of hydrogen-bond donors (Lipinski definition) is 0. The molecule has 0 saturated carbocycles. The molecule has 4 rings (SSSR count). The Hall–Kier alpha value is -3.26. The Bertz CT molecular complexity index is 1100. The van der Waals surface area contributed by atoms with Gasteiger partial charge in [-0.15, -0.1) is 11.3 Å². The normalized spacial score (nSPS) is 12.9. The van der Waals surface area contributed by atoms with Gasteiger partial charge in [0.05, 0.1) is 5.69 Å². The summed E-state index contributed by atoms with van der Waals surface area (Å²) in [6, 6.07) is 13.7. The molecule has 0 atom stereocenters. The van der Waals surface area contributed by atoms with Gasteiger partial charge in [-0.3, -0.25) is 4.79 Å². The fourth-order valence-electron chi connectivity index (χ4n) is 3.37. The molecule has 2 heterocycles. The van der Waals surface area contributed by atoms with Gasteiger partial charge in [-0.2, -0.15) is 0 Å². The summed E-state index contributed by atoms with van der Waals surface area (Å²) in [6.07, 6.45) is 0.793. The quantitative estimate of drug-likeness (QED) is 0.544. The Balaban J connectivity index is 1.30. The van der Waals surface area contributed by atoms with E-state index in [1.54, 1.807) is 11.8 Å². The predicted molar refractivity (Wildman–Crippen MR) is 113 cm³/mol. The molecule has 0 spiro atoms. The molecule has 0 radical (unpaired) electrons. The minimum absolute atomic E-state index is 0.149. The molecule has 2 aromatic carbocycles. The summed E-state index contributed by atoms with van der Waals surface area (Å²) < 4.78 is 23.8. The molecule has 0 aliphatic carbocycles. The third kappa shape index (κ3) is 5.08. The molecule has 0 N–H and O–H groups in total. The third-order valence-corrected chi connectivity index (χ3v) is 6.12. The van der Waals surface area contributed by atoms with Crippen molar-refractivity contribution in [1.29, 1.82) is 0 Å². The number of carbonyl (C=O) groups excluding carboxylic acids is 2. The second kappa shape index (κ2) is 9.26. The molecule has 0 unspecified atom stereocenters. The van der Waals surface area contributed by atoms with Crippen molar-refractivity contribution >= 4 is 23.2 Å². The molecule has 0 bridgehead atoms. The van der Waals surface area contributed by atoms with E-state index in [1.165, 1.54) is 29.8 Å². The van der Waals surface area contributed by atoms with E-state index in [2.05, 4.69) is 11.1 Å². The number of halogens is 1. The standard InChI is InChI=1S/C23H21FN2O4S/c1-15-22(31-20(25-15)13-29-19-8-6-18(24)7-9-19)23(28)30-14-21(27)26-11-10-16-4-2-3-5-17(16)12-26/h2-9H,10-14H2,1H3. The smallest absolute Gasteiger partial charge is 0.350 e. The van der Waals surface area contributed by atoms with Crippen LogP contribution in [-0.2, 0) is 29.1 Å². The van der Waals surface area contributed by atoms with E-state index in [9.17, 15) is 14.0 Å². The number of fused-ring (bicyclic) bond motifs is 1. The number of benzene rings is 2. The zero-order valence-corrected chi connectivity index (χ0v) is 17.8. The van der Waals surface area contributed by atoms with Gasteiger partial charge in [0.1, 0.15) is 28.1 Å². The first-order valence-electron chi connectivity index (χ1n) is 9.86. The molecular weight excluding hydrogens is 419 g/mol. The SMILES string of the molecule is Cc1nc(COc2ccc(F)cc2)sc1C(=O)OCC(=O)N1CCc2ccccc2C1. The monoisotopic (exact) mass is 440 g/mol. The Morgan fingerprint density at radius 2 is 1.87 bits per heavy atom. The van der Waals surface area contributed by atoms with Crippen LogP contribution in [0.15, 0.2) is 48.5 Å². The van der Waals surface area contributed by atoms with Crippen LogP contribution >= 0.6 is 11.3 Å². The first-order valence-corrected chi connectivity index (χ1v) is 10.7. The predicted octanol–water partition coefficient (Wildman–Crippen LogP) is 3.91. The van der Waals surface area contributed by atoms with Crippen LogP contribution in [0.1, 0.15) is 31.5 Å². The molecule has 1 aliphatic heterocycles. The van der Waals surface area contributed by atoms with Crippen molar-refractivity contribution in [3.8, 4) is 5.75 Å². The molecule has 0 fully saturated rings. The van der Waals surface area contributed by atoms with E-state index < -0.39 is 5.97 Å². The van der Waals surface area contributed by atoms with Gasteiger partial charge in [-0.1, -0.05) is 24.3 Å². The molecule has 0 saturated heterocycles. The molecule has 3 aromatic rings. The van der Waals surface area contributed by atoms with Crippen molar-refractivity contribution in [2.45, 2.75) is 26.5 Å². The van der Waals surface area contributed by atoms with Gasteiger partial charge in [0.2, 0.25) is 0 Å². The molecule has 1 aromatic heterocycles. The Labute approximate surface area is 183 Å². The first-order chi connectivity index (χ1) is 15.0. The molecule has 1 aliphatic rings. The first kappa shape index (κ1) is 21.0. The summed E-state index contributed by atoms with van der Waals surface area (Å²) in [7, 11) is 0. The van der Waals surface area contributed by atoms with Crippen LogP contribution in [-0.4, -0.2) is 34.9 Å². The largest absolute Gasteiger partial charge is 0.486 e. The Kier molecular flexibility index (Phi) is 6.27. The molecule has 8 heteroatoms. The highest BCUT2D eigenvalue weighted by atomic mass is 32.1.